The zero-order chi connectivity index (χ0) is 18.9. The predicted molar refractivity (Wildman–Crippen MR) is 99.4 cm³/mol. The summed E-state index contributed by atoms with van der Waals surface area (Å²) in [6, 6.07) is 11.3. The normalized spacial score (nSPS) is 11.5. The molecule has 0 aliphatic carbocycles. The number of carbonyl (C=O) groups is 1. The summed E-state index contributed by atoms with van der Waals surface area (Å²) in [4.78, 5) is 16.5. The Morgan fingerprint density at radius 3 is 2.73 bits per heavy atom. The van der Waals surface area contributed by atoms with E-state index in [2.05, 4.69) is 10.3 Å². The van der Waals surface area contributed by atoms with Crippen molar-refractivity contribution >= 4 is 26.0 Å². The summed E-state index contributed by atoms with van der Waals surface area (Å²) in [5.41, 5.74) is -1.47. The Labute approximate surface area is 151 Å². The van der Waals surface area contributed by atoms with Gasteiger partial charge in [-0.2, -0.15) is 8.78 Å². The van der Waals surface area contributed by atoms with Crippen molar-refractivity contribution in [1.82, 2.24) is 10.3 Å². The van der Waals surface area contributed by atoms with Crippen LogP contribution in [0, 0.1) is 6.92 Å². The third kappa shape index (κ3) is 3.65. The van der Waals surface area contributed by atoms with Gasteiger partial charge in [0.2, 0.25) is 0 Å². The number of aryl methyl sites for hydroxylation is 1. The quantitative estimate of drug-likeness (QED) is 0.676. The van der Waals surface area contributed by atoms with Crippen LogP contribution in [0.4, 0.5) is 8.78 Å². The van der Waals surface area contributed by atoms with Crippen LogP contribution in [0.3, 0.4) is 0 Å². The van der Waals surface area contributed by atoms with Crippen LogP contribution >= 0.6 is 9.24 Å². The van der Waals surface area contributed by atoms with Gasteiger partial charge < -0.3 is 10.4 Å². The Hall–Kier alpha value is -2.59. The summed E-state index contributed by atoms with van der Waals surface area (Å²) in [5, 5.41) is 13.7. The first-order valence-corrected chi connectivity index (χ1v) is 8.46. The molecule has 0 saturated carbocycles. The van der Waals surface area contributed by atoms with E-state index in [0.717, 1.165) is 5.39 Å². The largest absolute Gasteiger partial charge is 0.505 e. The molecule has 134 valence electrons. The van der Waals surface area contributed by atoms with E-state index in [-0.39, 0.29) is 23.4 Å². The summed E-state index contributed by atoms with van der Waals surface area (Å²) in [6.45, 7) is 1.75. The third-order valence-corrected chi connectivity index (χ3v) is 4.41. The lowest BCUT2D eigenvalue weighted by Gasteiger charge is -2.15. The van der Waals surface area contributed by atoms with Crippen LogP contribution in [0.2, 0.25) is 0 Å². The van der Waals surface area contributed by atoms with Crippen LogP contribution in [0.25, 0.3) is 10.9 Å². The number of fused-ring (bicyclic) bond motifs is 1. The summed E-state index contributed by atoms with van der Waals surface area (Å²) >= 11 is 0. The molecule has 1 amide bonds. The Balaban J connectivity index is 1.77. The minimum atomic E-state index is -2.99. The number of halogens is 2. The molecule has 3 aromatic rings. The van der Waals surface area contributed by atoms with Gasteiger partial charge in [-0.25, -0.2) is 0 Å². The minimum absolute atomic E-state index is 0.0733. The van der Waals surface area contributed by atoms with Crippen LogP contribution in [-0.4, -0.2) is 16.0 Å². The number of hydrogen-bond donors (Lipinski definition) is 2. The van der Waals surface area contributed by atoms with Gasteiger partial charge in [0.05, 0.1) is 5.56 Å². The lowest BCUT2D eigenvalue weighted by molar-refractivity contribution is 0.0947. The van der Waals surface area contributed by atoms with Crippen molar-refractivity contribution in [2.75, 3.05) is 0 Å². The number of phenolic OH excluding ortho intramolecular Hbond substituents is 1. The van der Waals surface area contributed by atoms with E-state index in [1.54, 1.807) is 37.3 Å². The lowest BCUT2D eigenvalue weighted by atomic mass is 10.0. The molecule has 26 heavy (non-hydrogen) atoms. The molecule has 3 rings (SSSR count). The number of aromatic nitrogens is 1. The molecule has 1 unspecified atom stereocenters. The molecule has 0 aliphatic heterocycles. The highest BCUT2D eigenvalue weighted by Crippen LogP contribution is 2.36. The number of nitrogens with one attached hydrogen (secondary N) is 1. The molecular weight excluding hydrogens is 357 g/mol. The Morgan fingerprint density at radius 2 is 2.04 bits per heavy atom. The van der Waals surface area contributed by atoms with Gasteiger partial charge in [0, 0.05) is 23.7 Å². The number of aromatic hydroxyl groups is 1. The van der Waals surface area contributed by atoms with Gasteiger partial charge in [0.25, 0.3) is 11.6 Å². The molecule has 2 aromatic carbocycles. The smallest absolute Gasteiger partial charge is 0.284 e. The number of phenols is 1. The average molecular weight is 374 g/mol. The second-order valence-corrected chi connectivity index (χ2v) is 6.72. The summed E-state index contributed by atoms with van der Waals surface area (Å²) in [7, 11) is 1.52. The third-order valence-electron chi connectivity index (χ3n) is 4.10. The number of benzene rings is 2. The SMILES string of the molecule is Cc1cc(CNC(=O)c2ccc3cccnc3c2O)ccc1C(F)(F)P. The van der Waals surface area contributed by atoms with Crippen LogP contribution in [0.15, 0.2) is 48.7 Å². The van der Waals surface area contributed by atoms with Gasteiger partial charge >= 0.3 is 0 Å². The van der Waals surface area contributed by atoms with Gasteiger partial charge in [-0.15, -0.1) is 0 Å². The van der Waals surface area contributed by atoms with Crippen molar-refractivity contribution in [3.63, 3.8) is 0 Å². The molecular formula is C19H17F2N2O2P. The van der Waals surface area contributed by atoms with Crippen LogP contribution in [0.5, 0.6) is 5.75 Å². The van der Waals surface area contributed by atoms with E-state index in [9.17, 15) is 18.7 Å². The molecule has 0 spiro atoms. The van der Waals surface area contributed by atoms with Gasteiger partial charge in [-0.05, 0) is 30.2 Å². The Morgan fingerprint density at radius 1 is 1.27 bits per heavy atom. The van der Waals surface area contributed by atoms with Crippen LogP contribution in [0.1, 0.15) is 27.0 Å². The predicted octanol–water partition coefficient (Wildman–Crippen LogP) is 4.10. The maximum absolute atomic E-state index is 13.4. The number of alkyl halides is 2. The van der Waals surface area contributed by atoms with Crippen molar-refractivity contribution in [3.05, 3.63) is 70.9 Å². The summed E-state index contributed by atoms with van der Waals surface area (Å²) < 4.78 is 26.8. The second-order valence-electron chi connectivity index (χ2n) is 5.99. The molecule has 7 heteroatoms. The van der Waals surface area contributed by atoms with Crippen LogP contribution < -0.4 is 5.32 Å². The topological polar surface area (TPSA) is 62.2 Å². The highest BCUT2D eigenvalue weighted by Gasteiger charge is 2.26. The molecule has 0 aliphatic rings. The molecule has 2 N–H and O–H groups in total. The van der Waals surface area contributed by atoms with E-state index >= 15 is 0 Å². The molecule has 0 saturated heterocycles. The van der Waals surface area contributed by atoms with Crippen molar-refractivity contribution in [1.29, 1.82) is 0 Å². The molecule has 0 fully saturated rings. The standard InChI is InChI=1S/C19H17F2N2O2P/c1-11-9-12(4-7-15(11)19(20,21)26)10-23-18(25)14-6-5-13-3-2-8-22-16(13)17(14)24/h2-9,24H,10,26H2,1H3,(H,23,25). The van der Waals surface area contributed by atoms with Crippen molar-refractivity contribution in [2.45, 2.75) is 19.1 Å². The Kier molecular flexibility index (Phi) is 4.88. The number of amides is 1. The molecule has 1 aromatic heterocycles. The minimum Gasteiger partial charge on any atom is -0.505 e. The zero-order valence-electron chi connectivity index (χ0n) is 14.0. The average Bonchev–Trinajstić information content (AvgIpc) is 2.59. The van der Waals surface area contributed by atoms with Gasteiger partial charge in [0.1, 0.15) is 5.52 Å². The van der Waals surface area contributed by atoms with Crippen molar-refractivity contribution < 1.29 is 18.7 Å². The Bertz CT molecular complexity index is 987. The van der Waals surface area contributed by atoms with Crippen molar-refractivity contribution in [2.24, 2.45) is 0 Å². The monoisotopic (exact) mass is 374 g/mol. The van der Waals surface area contributed by atoms with E-state index in [4.69, 9.17) is 0 Å². The fraction of sp³-hybridized carbons (Fsp3) is 0.158. The number of pyridine rings is 1. The zero-order valence-corrected chi connectivity index (χ0v) is 15.1. The van der Waals surface area contributed by atoms with Gasteiger partial charge in [-0.3, -0.25) is 9.78 Å². The van der Waals surface area contributed by atoms with Crippen molar-refractivity contribution in [3.8, 4) is 5.75 Å². The van der Waals surface area contributed by atoms with E-state index < -0.39 is 11.6 Å². The molecule has 4 nitrogen and oxygen atoms in total. The maximum atomic E-state index is 13.4. The summed E-state index contributed by atoms with van der Waals surface area (Å²) in [5.74, 6) is -0.650. The van der Waals surface area contributed by atoms with Gasteiger partial charge in [0.15, 0.2) is 5.75 Å². The first kappa shape index (κ1) is 18.2. The fourth-order valence-corrected chi connectivity index (χ4v) is 3.12. The van der Waals surface area contributed by atoms with E-state index in [0.29, 0.717) is 16.6 Å². The van der Waals surface area contributed by atoms with E-state index in [1.807, 2.05) is 0 Å². The maximum Gasteiger partial charge on any atom is 0.284 e. The molecule has 1 heterocycles. The highest BCUT2D eigenvalue weighted by molar-refractivity contribution is 7.17. The first-order chi connectivity index (χ1) is 12.3. The number of rotatable bonds is 4. The fourth-order valence-electron chi connectivity index (χ4n) is 2.80. The number of nitrogens with zero attached hydrogens (tertiary/aromatic N) is 1. The first-order valence-electron chi connectivity index (χ1n) is 7.89. The molecule has 1 atom stereocenters. The number of carbonyl (C=O) groups excluding carboxylic acids is 1. The van der Waals surface area contributed by atoms with Crippen LogP contribution in [-0.2, 0) is 12.2 Å². The molecule has 0 bridgehead atoms. The second kappa shape index (κ2) is 6.96. The lowest BCUT2D eigenvalue weighted by Crippen LogP contribution is -2.23. The molecule has 0 radical (unpaired) electrons. The van der Waals surface area contributed by atoms with E-state index in [1.165, 1.54) is 27.6 Å². The summed E-state index contributed by atoms with van der Waals surface area (Å²) in [6.07, 6.45) is 1.54. The highest BCUT2D eigenvalue weighted by atomic mass is 31.0. The van der Waals surface area contributed by atoms with Gasteiger partial charge in [-0.1, -0.05) is 39.6 Å². The number of hydrogen-bond acceptors (Lipinski definition) is 3.